The van der Waals surface area contributed by atoms with E-state index in [4.69, 9.17) is 9.47 Å². The van der Waals surface area contributed by atoms with Gasteiger partial charge in [-0.15, -0.1) is 0 Å². The van der Waals surface area contributed by atoms with Crippen LogP contribution in [0.25, 0.3) is 10.9 Å². The molecule has 136 valence electrons. The zero-order valence-electron chi connectivity index (χ0n) is 15.7. The zero-order chi connectivity index (χ0) is 18.0. The van der Waals surface area contributed by atoms with Gasteiger partial charge in [0.2, 0.25) is 0 Å². The summed E-state index contributed by atoms with van der Waals surface area (Å²) in [7, 11) is 3.85. The molecule has 1 aromatic heterocycles. The van der Waals surface area contributed by atoms with Gasteiger partial charge >= 0.3 is 5.97 Å². The molecule has 0 saturated carbocycles. The second-order valence-electron chi connectivity index (χ2n) is 6.83. The Bertz CT molecular complexity index is 758. The van der Waals surface area contributed by atoms with E-state index < -0.39 is 0 Å². The van der Waals surface area contributed by atoms with E-state index in [2.05, 4.69) is 29.5 Å². The van der Waals surface area contributed by atoms with Crippen LogP contribution in [0.3, 0.4) is 0 Å². The normalized spacial score (nSPS) is 16.3. The number of hydrogen-bond donors (Lipinski definition) is 0. The summed E-state index contributed by atoms with van der Waals surface area (Å²) in [6.45, 7) is 6.59. The van der Waals surface area contributed by atoms with E-state index in [1.807, 2.05) is 19.1 Å². The number of piperidine rings is 1. The van der Waals surface area contributed by atoms with Crippen molar-refractivity contribution in [2.45, 2.75) is 39.2 Å². The van der Waals surface area contributed by atoms with E-state index in [9.17, 15) is 4.79 Å². The maximum absolute atomic E-state index is 12.1. The quantitative estimate of drug-likeness (QED) is 0.781. The molecule has 3 rings (SSSR count). The summed E-state index contributed by atoms with van der Waals surface area (Å²) in [5.41, 5.74) is 3.42. The minimum absolute atomic E-state index is 0.171. The van der Waals surface area contributed by atoms with Crippen molar-refractivity contribution >= 4 is 16.9 Å². The Balaban J connectivity index is 2.07. The van der Waals surface area contributed by atoms with Gasteiger partial charge in [-0.3, -0.25) is 4.79 Å². The number of aromatic nitrogens is 1. The van der Waals surface area contributed by atoms with E-state index in [1.54, 1.807) is 7.11 Å². The average molecular weight is 344 g/mol. The monoisotopic (exact) mass is 344 g/mol. The summed E-state index contributed by atoms with van der Waals surface area (Å²) in [5.74, 6) is 0.647. The molecule has 0 amide bonds. The minimum atomic E-state index is -0.171. The topological polar surface area (TPSA) is 43.7 Å². The van der Waals surface area contributed by atoms with Gasteiger partial charge in [0.05, 0.1) is 20.1 Å². The molecule has 1 saturated heterocycles. The van der Waals surface area contributed by atoms with Crippen molar-refractivity contribution in [2.24, 2.45) is 0 Å². The highest BCUT2D eigenvalue weighted by atomic mass is 16.5. The number of nitrogens with zero attached hydrogens (tertiary/aromatic N) is 2. The first-order valence-electron chi connectivity index (χ1n) is 9.06. The number of fused-ring (bicyclic) bond motifs is 1. The zero-order valence-corrected chi connectivity index (χ0v) is 15.7. The lowest BCUT2D eigenvalue weighted by Crippen LogP contribution is -2.31. The van der Waals surface area contributed by atoms with Crippen molar-refractivity contribution in [3.8, 4) is 5.75 Å². The van der Waals surface area contributed by atoms with E-state index in [0.29, 0.717) is 19.1 Å². The number of esters is 1. The van der Waals surface area contributed by atoms with Gasteiger partial charge in [0.15, 0.2) is 0 Å². The molecule has 0 atom stereocenters. The fourth-order valence-corrected chi connectivity index (χ4v) is 3.92. The molecule has 0 unspecified atom stereocenters. The van der Waals surface area contributed by atoms with Crippen LogP contribution in [0.4, 0.5) is 0 Å². The highest BCUT2D eigenvalue weighted by Gasteiger charge is 2.25. The van der Waals surface area contributed by atoms with Crippen molar-refractivity contribution in [3.63, 3.8) is 0 Å². The van der Waals surface area contributed by atoms with Crippen molar-refractivity contribution in [3.05, 3.63) is 29.5 Å². The largest absolute Gasteiger partial charge is 0.497 e. The molecule has 0 spiro atoms. The van der Waals surface area contributed by atoms with Gasteiger partial charge in [0, 0.05) is 22.6 Å². The number of hydrogen-bond acceptors (Lipinski definition) is 4. The molecule has 5 heteroatoms. The van der Waals surface area contributed by atoms with Crippen LogP contribution in [0, 0.1) is 6.92 Å². The minimum Gasteiger partial charge on any atom is -0.497 e. The van der Waals surface area contributed by atoms with Crippen LogP contribution in [0.5, 0.6) is 5.75 Å². The van der Waals surface area contributed by atoms with E-state index in [0.717, 1.165) is 42.6 Å². The van der Waals surface area contributed by atoms with Crippen molar-refractivity contribution in [2.75, 3.05) is 33.9 Å². The lowest BCUT2D eigenvalue weighted by Gasteiger charge is -2.31. The average Bonchev–Trinajstić information content (AvgIpc) is 2.87. The SMILES string of the molecule is CCOC(=O)Cc1c(C)n(C2CCN(C)CC2)c2ccc(OC)cc12. The highest BCUT2D eigenvalue weighted by Crippen LogP contribution is 2.35. The Hall–Kier alpha value is -2.01. The predicted molar refractivity (Wildman–Crippen MR) is 99.3 cm³/mol. The Morgan fingerprint density at radius 3 is 2.64 bits per heavy atom. The molecule has 2 aromatic rings. The molecule has 5 nitrogen and oxygen atoms in total. The second kappa shape index (κ2) is 7.48. The molecule has 1 aromatic carbocycles. The smallest absolute Gasteiger partial charge is 0.310 e. The Morgan fingerprint density at radius 1 is 1.28 bits per heavy atom. The number of rotatable bonds is 5. The number of carbonyl (C=O) groups is 1. The number of carbonyl (C=O) groups excluding carboxylic acids is 1. The summed E-state index contributed by atoms with van der Waals surface area (Å²) < 4.78 is 13.0. The Labute approximate surface area is 149 Å². The fourth-order valence-electron chi connectivity index (χ4n) is 3.92. The van der Waals surface area contributed by atoms with Gasteiger partial charge in [0.25, 0.3) is 0 Å². The van der Waals surface area contributed by atoms with Gasteiger partial charge in [-0.2, -0.15) is 0 Å². The standard InChI is InChI=1S/C20H28N2O3/c1-5-25-20(23)13-17-14(2)22(15-8-10-21(3)11-9-15)19-7-6-16(24-4)12-18(17)19/h6-7,12,15H,5,8-11,13H2,1-4H3. The van der Waals surface area contributed by atoms with E-state index >= 15 is 0 Å². The highest BCUT2D eigenvalue weighted by molar-refractivity contribution is 5.90. The van der Waals surface area contributed by atoms with Crippen molar-refractivity contribution in [1.29, 1.82) is 0 Å². The Morgan fingerprint density at radius 2 is 2.00 bits per heavy atom. The van der Waals surface area contributed by atoms with Crippen LogP contribution >= 0.6 is 0 Å². The van der Waals surface area contributed by atoms with Gasteiger partial charge in [-0.25, -0.2) is 0 Å². The van der Waals surface area contributed by atoms with Crippen molar-refractivity contribution < 1.29 is 14.3 Å². The summed E-state index contributed by atoms with van der Waals surface area (Å²) in [6, 6.07) is 6.64. The molecule has 2 heterocycles. The molecule has 0 bridgehead atoms. The first-order valence-corrected chi connectivity index (χ1v) is 9.06. The van der Waals surface area contributed by atoms with Crippen LogP contribution in [0.1, 0.15) is 37.1 Å². The van der Waals surface area contributed by atoms with Gasteiger partial charge in [-0.05, 0) is 70.6 Å². The maximum atomic E-state index is 12.1. The second-order valence-corrected chi connectivity index (χ2v) is 6.83. The first kappa shape index (κ1) is 17.8. The fraction of sp³-hybridized carbons (Fsp3) is 0.550. The molecule has 1 fully saturated rings. The van der Waals surface area contributed by atoms with Crippen LogP contribution in [-0.2, 0) is 16.0 Å². The third-order valence-corrected chi connectivity index (χ3v) is 5.27. The lowest BCUT2D eigenvalue weighted by molar-refractivity contribution is -0.142. The number of ether oxygens (including phenoxy) is 2. The van der Waals surface area contributed by atoms with Crippen LogP contribution in [-0.4, -0.2) is 49.3 Å². The molecular weight excluding hydrogens is 316 g/mol. The molecule has 25 heavy (non-hydrogen) atoms. The van der Waals surface area contributed by atoms with Gasteiger partial charge < -0.3 is 18.9 Å². The van der Waals surface area contributed by atoms with Crippen LogP contribution < -0.4 is 4.74 Å². The number of benzene rings is 1. The van der Waals surface area contributed by atoms with Gasteiger partial charge in [-0.1, -0.05) is 0 Å². The summed E-state index contributed by atoms with van der Waals surface area (Å²) in [6.07, 6.45) is 2.57. The van der Waals surface area contributed by atoms with Crippen LogP contribution in [0.2, 0.25) is 0 Å². The lowest BCUT2D eigenvalue weighted by atomic mass is 10.0. The van der Waals surface area contributed by atoms with E-state index in [1.165, 1.54) is 11.2 Å². The number of likely N-dealkylation sites (tertiary alicyclic amines) is 1. The molecule has 0 N–H and O–H groups in total. The van der Waals surface area contributed by atoms with Crippen molar-refractivity contribution in [1.82, 2.24) is 9.47 Å². The summed E-state index contributed by atoms with van der Waals surface area (Å²) in [4.78, 5) is 14.5. The first-order chi connectivity index (χ1) is 12.0. The molecule has 1 aliphatic heterocycles. The Kier molecular flexibility index (Phi) is 5.33. The molecule has 0 radical (unpaired) electrons. The summed E-state index contributed by atoms with van der Waals surface area (Å²) in [5, 5.41) is 1.10. The third kappa shape index (κ3) is 3.52. The summed E-state index contributed by atoms with van der Waals surface area (Å²) >= 11 is 0. The molecule has 1 aliphatic rings. The molecule has 0 aliphatic carbocycles. The van der Waals surface area contributed by atoms with Crippen LogP contribution in [0.15, 0.2) is 18.2 Å². The predicted octanol–water partition coefficient (Wildman–Crippen LogP) is 3.33. The maximum Gasteiger partial charge on any atom is 0.310 e. The molecular formula is C20H28N2O3. The number of methoxy groups -OCH3 is 1. The third-order valence-electron chi connectivity index (χ3n) is 5.27. The van der Waals surface area contributed by atoms with Gasteiger partial charge in [0.1, 0.15) is 5.75 Å². The van der Waals surface area contributed by atoms with E-state index in [-0.39, 0.29) is 5.97 Å².